The lowest BCUT2D eigenvalue weighted by Gasteiger charge is -2.23. The topological polar surface area (TPSA) is 97.0 Å². The second kappa shape index (κ2) is 8.73. The minimum atomic E-state index is -0.491. The van der Waals surface area contributed by atoms with Crippen molar-refractivity contribution in [2.24, 2.45) is 7.05 Å². The first kappa shape index (κ1) is 22.4. The number of likely N-dealkylation sites (N-methyl/N-ethyl adjacent to an activating group) is 1. The van der Waals surface area contributed by atoms with Crippen molar-refractivity contribution in [3.8, 4) is 17.0 Å². The zero-order chi connectivity index (χ0) is 24.0. The standard InChI is InChI=1S/C25H31N7O2/c1-15(33)12-32-24-14-30(4)13-16(2)34-25-21(11-26-31(25)5)18-6-8-22-20(10-18)23(28-27-22)9-7-19(24)17(3)29-32/h6-11,15-16,33H,12-14H2,1-5H3,(H,27,28)/b9-7+/t15-,16-/m0/s1. The van der Waals surface area contributed by atoms with Crippen LogP contribution in [0, 0.1) is 6.92 Å². The summed E-state index contributed by atoms with van der Waals surface area (Å²) in [5, 5.41) is 27.9. The molecule has 0 amide bonds. The molecule has 178 valence electrons. The van der Waals surface area contributed by atoms with Crippen molar-refractivity contribution in [2.75, 3.05) is 13.6 Å². The van der Waals surface area contributed by atoms with E-state index in [0.717, 1.165) is 50.6 Å². The minimum absolute atomic E-state index is 0.0641. The number of aliphatic hydroxyl groups excluding tert-OH is 1. The summed E-state index contributed by atoms with van der Waals surface area (Å²) < 4.78 is 10.1. The molecule has 9 nitrogen and oxygen atoms in total. The molecule has 0 saturated carbocycles. The molecule has 34 heavy (non-hydrogen) atoms. The summed E-state index contributed by atoms with van der Waals surface area (Å²) in [7, 11) is 3.98. The Labute approximate surface area is 198 Å². The van der Waals surface area contributed by atoms with Gasteiger partial charge >= 0.3 is 0 Å². The molecule has 2 atom stereocenters. The molecular formula is C25H31N7O2. The molecule has 0 aliphatic carbocycles. The van der Waals surface area contributed by atoms with Crippen molar-refractivity contribution in [3.05, 3.63) is 47.0 Å². The number of ether oxygens (including phenoxy) is 1. The zero-order valence-corrected chi connectivity index (χ0v) is 20.3. The highest BCUT2D eigenvalue weighted by molar-refractivity contribution is 5.93. The number of aromatic nitrogens is 6. The van der Waals surface area contributed by atoms with Crippen LogP contribution in [-0.2, 0) is 20.1 Å². The van der Waals surface area contributed by atoms with Crippen LogP contribution in [0.2, 0.25) is 0 Å². The molecule has 9 heteroatoms. The maximum Gasteiger partial charge on any atom is 0.219 e. The van der Waals surface area contributed by atoms with Crippen molar-refractivity contribution in [3.63, 3.8) is 0 Å². The molecular weight excluding hydrogens is 430 g/mol. The van der Waals surface area contributed by atoms with E-state index in [1.807, 2.05) is 30.9 Å². The SMILES string of the molecule is Cc1nn(C[C@H](C)O)c2c1/C=C/c1[nH]nc3ccc(cc13)-c1cnn(C)c1O[C@@H](C)CN(C)C2. The summed E-state index contributed by atoms with van der Waals surface area (Å²) in [5.41, 5.74) is 6.85. The third-order valence-corrected chi connectivity index (χ3v) is 6.22. The maximum atomic E-state index is 10.0. The van der Waals surface area contributed by atoms with Crippen LogP contribution in [0.3, 0.4) is 0 Å². The van der Waals surface area contributed by atoms with Crippen LogP contribution in [0.15, 0.2) is 24.4 Å². The second-order valence-electron chi connectivity index (χ2n) is 9.29. The Bertz CT molecular complexity index is 1360. The number of H-pyrrole nitrogens is 1. The Morgan fingerprint density at radius 2 is 2.09 bits per heavy atom. The first-order valence-corrected chi connectivity index (χ1v) is 11.6. The van der Waals surface area contributed by atoms with Gasteiger partial charge in [0.05, 0.1) is 47.0 Å². The van der Waals surface area contributed by atoms with E-state index in [2.05, 4.69) is 58.5 Å². The molecule has 1 aliphatic heterocycles. The fourth-order valence-electron chi connectivity index (χ4n) is 4.67. The summed E-state index contributed by atoms with van der Waals surface area (Å²) >= 11 is 0. The van der Waals surface area contributed by atoms with Gasteiger partial charge in [0.2, 0.25) is 5.88 Å². The summed E-state index contributed by atoms with van der Waals surface area (Å²) in [6.45, 7) is 7.69. The Kier molecular flexibility index (Phi) is 5.75. The number of aromatic amines is 1. The number of nitrogens with zero attached hydrogens (tertiary/aromatic N) is 6. The van der Waals surface area contributed by atoms with E-state index in [9.17, 15) is 5.11 Å². The van der Waals surface area contributed by atoms with Crippen LogP contribution in [0.25, 0.3) is 34.2 Å². The predicted molar refractivity (Wildman–Crippen MR) is 132 cm³/mol. The average molecular weight is 462 g/mol. The van der Waals surface area contributed by atoms with Crippen molar-refractivity contribution in [1.29, 1.82) is 0 Å². The monoisotopic (exact) mass is 461 g/mol. The van der Waals surface area contributed by atoms with Crippen molar-refractivity contribution in [1.82, 2.24) is 34.7 Å². The van der Waals surface area contributed by atoms with Gasteiger partial charge < -0.3 is 9.84 Å². The molecule has 4 aromatic rings. The maximum absolute atomic E-state index is 10.0. The van der Waals surface area contributed by atoms with Gasteiger partial charge in [0.25, 0.3) is 0 Å². The highest BCUT2D eigenvalue weighted by Crippen LogP contribution is 2.33. The number of aliphatic hydroxyl groups is 1. The average Bonchev–Trinajstić information content (AvgIpc) is 3.42. The number of hydrogen-bond acceptors (Lipinski definition) is 6. The predicted octanol–water partition coefficient (Wildman–Crippen LogP) is 3.23. The van der Waals surface area contributed by atoms with Gasteiger partial charge in [-0.1, -0.05) is 6.07 Å². The van der Waals surface area contributed by atoms with Crippen LogP contribution in [0.1, 0.15) is 36.5 Å². The van der Waals surface area contributed by atoms with Crippen molar-refractivity contribution < 1.29 is 9.84 Å². The van der Waals surface area contributed by atoms with E-state index >= 15 is 0 Å². The number of rotatable bonds is 2. The van der Waals surface area contributed by atoms with E-state index in [4.69, 9.17) is 9.84 Å². The van der Waals surface area contributed by atoms with Gasteiger partial charge in [0.15, 0.2) is 0 Å². The first-order valence-electron chi connectivity index (χ1n) is 11.6. The van der Waals surface area contributed by atoms with Gasteiger partial charge in [0, 0.05) is 31.1 Å². The molecule has 5 rings (SSSR count). The fraction of sp³-hybridized carbons (Fsp3) is 0.400. The summed E-state index contributed by atoms with van der Waals surface area (Å²) in [6, 6.07) is 6.20. The number of benzene rings is 1. The normalized spacial score (nSPS) is 18.7. The highest BCUT2D eigenvalue weighted by Gasteiger charge is 2.21. The molecule has 0 radical (unpaired) electrons. The zero-order valence-electron chi connectivity index (χ0n) is 20.3. The molecule has 1 aromatic carbocycles. The molecule has 0 fully saturated rings. The fourth-order valence-corrected chi connectivity index (χ4v) is 4.67. The van der Waals surface area contributed by atoms with Gasteiger partial charge in [-0.05, 0) is 57.7 Å². The first-order chi connectivity index (χ1) is 16.3. The van der Waals surface area contributed by atoms with E-state index in [1.54, 1.807) is 11.6 Å². The smallest absolute Gasteiger partial charge is 0.219 e. The lowest BCUT2D eigenvalue weighted by Crippen LogP contribution is -2.32. The second-order valence-corrected chi connectivity index (χ2v) is 9.29. The van der Waals surface area contributed by atoms with Crippen LogP contribution in [0.5, 0.6) is 5.88 Å². The minimum Gasteiger partial charge on any atom is -0.473 e. The van der Waals surface area contributed by atoms with E-state index in [-0.39, 0.29) is 6.10 Å². The van der Waals surface area contributed by atoms with Crippen LogP contribution in [0.4, 0.5) is 0 Å². The van der Waals surface area contributed by atoms with Gasteiger partial charge in [0.1, 0.15) is 6.10 Å². The Morgan fingerprint density at radius 1 is 1.26 bits per heavy atom. The molecule has 1 aliphatic rings. The molecule has 0 saturated heterocycles. The molecule has 2 N–H and O–H groups in total. The van der Waals surface area contributed by atoms with Crippen LogP contribution >= 0.6 is 0 Å². The Morgan fingerprint density at radius 3 is 2.88 bits per heavy atom. The Hall–Kier alpha value is -3.43. The molecule has 0 unspecified atom stereocenters. The number of fused-ring (bicyclic) bond motifs is 4. The van der Waals surface area contributed by atoms with Crippen molar-refractivity contribution >= 4 is 23.1 Å². The lowest BCUT2D eigenvalue weighted by atomic mass is 10.0. The number of hydrogen-bond donors (Lipinski definition) is 2. The van der Waals surface area contributed by atoms with Gasteiger partial charge in [-0.15, -0.1) is 0 Å². The van der Waals surface area contributed by atoms with E-state index in [0.29, 0.717) is 19.6 Å². The Balaban J connectivity index is 1.67. The number of nitrogens with one attached hydrogen (secondary N) is 1. The number of aryl methyl sites for hydroxylation is 2. The van der Waals surface area contributed by atoms with Crippen LogP contribution in [-0.4, -0.2) is 65.6 Å². The third-order valence-electron chi connectivity index (χ3n) is 6.22. The van der Waals surface area contributed by atoms with Crippen LogP contribution < -0.4 is 4.74 Å². The summed E-state index contributed by atoms with van der Waals surface area (Å²) in [6.07, 6.45) is 5.45. The van der Waals surface area contributed by atoms with Gasteiger partial charge in [-0.25, -0.2) is 4.68 Å². The van der Waals surface area contributed by atoms with E-state index < -0.39 is 6.10 Å². The molecule has 3 aromatic heterocycles. The summed E-state index contributed by atoms with van der Waals surface area (Å²) in [5.74, 6) is 0.742. The highest BCUT2D eigenvalue weighted by atomic mass is 16.5. The van der Waals surface area contributed by atoms with Crippen molar-refractivity contribution in [2.45, 2.75) is 46.1 Å². The van der Waals surface area contributed by atoms with Gasteiger partial charge in [-0.2, -0.15) is 15.3 Å². The van der Waals surface area contributed by atoms with Gasteiger partial charge in [-0.3, -0.25) is 14.7 Å². The molecule has 2 bridgehead atoms. The molecule has 4 heterocycles. The third kappa shape index (κ3) is 4.12. The largest absolute Gasteiger partial charge is 0.473 e. The summed E-state index contributed by atoms with van der Waals surface area (Å²) in [4.78, 5) is 2.22. The lowest BCUT2D eigenvalue weighted by molar-refractivity contribution is 0.143. The molecule has 0 spiro atoms. The quantitative estimate of drug-likeness (QED) is 0.476. The van der Waals surface area contributed by atoms with E-state index in [1.165, 1.54) is 0 Å².